The van der Waals surface area contributed by atoms with Crippen molar-refractivity contribution >= 4 is 0 Å². The summed E-state index contributed by atoms with van der Waals surface area (Å²) in [7, 11) is 0. The maximum absolute atomic E-state index is 9.43. The highest BCUT2D eigenvalue weighted by atomic mass is 16.7. The van der Waals surface area contributed by atoms with Gasteiger partial charge in [-0.3, -0.25) is 4.90 Å². The van der Waals surface area contributed by atoms with E-state index in [4.69, 9.17) is 19.9 Å². The summed E-state index contributed by atoms with van der Waals surface area (Å²) in [4.78, 5) is 2.41. The van der Waals surface area contributed by atoms with Gasteiger partial charge in [0.15, 0.2) is 6.29 Å². The van der Waals surface area contributed by atoms with Gasteiger partial charge in [0.05, 0.1) is 32.0 Å². The van der Waals surface area contributed by atoms with Crippen LogP contribution in [0.1, 0.15) is 41.1 Å². The van der Waals surface area contributed by atoms with Crippen molar-refractivity contribution in [2.24, 2.45) is 5.73 Å². The van der Waals surface area contributed by atoms with Gasteiger partial charge < -0.3 is 25.1 Å². The number of benzene rings is 3. The number of aliphatic hydroxyl groups excluding tert-OH is 1. The molecule has 6 nitrogen and oxygen atoms in total. The Bertz CT molecular complexity index is 1100. The third-order valence-electron chi connectivity index (χ3n) is 6.84. The maximum Gasteiger partial charge on any atom is 0.184 e. The number of nitrogens with two attached hydrogens (primary N) is 1. The van der Waals surface area contributed by atoms with E-state index in [0.717, 1.165) is 72.6 Å². The van der Waals surface area contributed by atoms with Crippen molar-refractivity contribution in [3.63, 3.8) is 0 Å². The first kappa shape index (κ1) is 24.1. The third kappa shape index (κ3) is 5.98. The molecule has 35 heavy (non-hydrogen) atoms. The number of aliphatic hydroxyl groups is 1. The second-order valence-corrected chi connectivity index (χ2v) is 9.29. The SMILES string of the molecule is NCc1cccc(-c2cccc([C@H]3O[C@@H](CN4CCOCC4)C[C@@H](c4ccc(CO)cc4)O3)c2)c1. The fourth-order valence-corrected chi connectivity index (χ4v) is 4.85. The molecule has 184 valence electrons. The lowest BCUT2D eigenvalue weighted by molar-refractivity contribution is -0.253. The Kier molecular flexibility index (Phi) is 7.88. The zero-order chi connectivity index (χ0) is 24.0. The van der Waals surface area contributed by atoms with Gasteiger partial charge in [-0.05, 0) is 39.9 Å². The van der Waals surface area contributed by atoms with Crippen molar-refractivity contribution in [3.05, 3.63) is 95.1 Å². The molecule has 2 fully saturated rings. The summed E-state index contributed by atoms with van der Waals surface area (Å²) < 4.78 is 18.6. The zero-order valence-electron chi connectivity index (χ0n) is 20.0. The molecule has 0 saturated carbocycles. The molecule has 3 aromatic rings. The van der Waals surface area contributed by atoms with Crippen molar-refractivity contribution in [2.75, 3.05) is 32.8 Å². The molecule has 0 aliphatic carbocycles. The van der Waals surface area contributed by atoms with E-state index in [-0.39, 0.29) is 18.8 Å². The van der Waals surface area contributed by atoms with Gasteiger partial charge in [0.2, 0.25) is 0 Å². The molecule has 2 heterocycles. The molecule has 0 bridgehead atoms. The number of morpholine rings is 1. The van der Waals surface area contributed by atoms with Crippen LogP contribution >= 0.6 is 0 Å². The molecule has 2 aliphatic heterocycles. The highest BCUT2D eigenvalue weighted by molar-refractivity contribution is 5.65. The largest absolute Gasteiger partial charge is 0.392 e. The summed E-state index contributed by atoms with van der Waals surface area (Å²) >= 11 is 0. The van der Waals surface area contributed by atoms with Crippen molar-refractivity contribution in [1.82, 2.24) is 4.90 Å². The highest BCUT2D eigenvalue weighted by Crippen LogP contribution is 2.39. The molecular formula is C29H34N2O4. The number of hydrogen-bond acceptors (Lipinski definition) is 6. The maximum atomic E-state index is 9.43. The van der Waals surface area contributed by atoms with Crippen LogP contribution in [0.2, 0.25) is 0 Å². The van der Waals surface area contributed by atoms with E-state index in [2.05, 4.69) is 53.4 Å². The second kappa shape index (κ2) is 11.4. The number of nitrogens with zero attached hydrogens (tertiary/aromatic N) is 1. The first-order valence-electron chi connectivity index (χ1n) is 12.4. The zero-order valence-corrected chi connectivity index (χ0v) is 20.0. The average molecular weight is 475 g/mol. The summed E-state index contributed by atoms with van der Waals surface area (Å²) in [5.74, 6) is 0. The lowest BCUT2D eigenvalue weighted by atomic mass is 9.98. The number of rotatable bonds is 7. The van der Waals surface area contributed by atoms with Gasteiger partial charge in [0.1, 0.15) is 0 Å². The van der Waals surface area contributed by atoms with Crippen molar-refractivity contribution < 1.29 is 19.3 Å². The van der Waals surface area contributed by atoms with Crippen LogP contribution in [0, 0.1) is 0 Å². The van der Waals surface area contributed by atoms with Crippen LogP contribution in [0.3, 0.4) is 0 Å². The van der Waals surface area contributed by atoms with Crippen LogP contribution in [0.4, 0.5) is 0 Å². The smallest absolute Gasteiger partial charge is 0.184 e. The Morgan fingerprint density at radius 3 is 2.31 bits per heavy atom. The quantitative estimate of drug-likeness (QED) is 0.535. The van der Waals surface area contributed by atoms with E-state index < -0.39 is 6.29 Å². The van der Waals surface area contributed by atoms with Crippen LogP contribution in [0.5, 0.6) is 0 Å². The van der Waals surface area contributed by atoms with Gasteiger partial charge in [-0.25, -0.2) is 0 Å². The number of ether oxygens (including phenoxy) is 3. The molecule has 2 saturated heterocycles. The molecule has 3 atom stereocenters. The third-order valence-corrected chi connectivity index (χ3v) is 6.84. The van der Waals surface area contributed by atoms with Gasteiger partial charge in [0, 0.05) is 38.2 Å². The molecule has 2 aliphatic rings. The molecule has 0 unspecified atom stereocenters. The highest BCUT2D eigenvalue weighted by Gasteiger charge is 2.33. The summed E-state index contributed by atoms with van der Waals surface area (Å²) in [6, 6.07) is 24.8. The van der Waals surface area contributed by atoms with E-state index in [9.17, 15) is 5.11 Å². The van der Waals surface area contributed by atoms with Gasteiger partial charge in [-0.2, -0.15) is 0 Å². The van der Waals surface area contributed by atoms with E-state index in [0.29, 0.717) is 6.54 Å². The van der Waals surface area contributed by atoms with Gasteiger partial charge in [-0.15, -0.1) is 0 Å². The molecule has 3 N–H and O–H groups in total. The van der Waals surface area contributed by atoms with Gasteiger partial charge in [-0.1, -0.05) is 60.7 Å². The van der Waals surface area contributed by atoms with Crippen LogP contribution in [0.25, 0.3) is 11.1 Å². The fraction of sp³-hybridized carbons (Fsp3) is 0.379. The average Bonchev–Trinajstić information content (AvgIpc) is 2.93. The summed E-state index contributed by atoms with van der Waals surface area (Å²) in [5, 5.41) is 9.43. The first-order valence-corrected chi connectivity index (χ1v) is 12.4. The van der Waals surface area contributed by atoms with Crippen LogP contribution in [-0.2, 0) is 27.4 Å². The standard InChI is InChI=1S/C29H34N2O4/c30-18-22-3-1-4-24(15-22)25-5-2-6-26(16-25)29-34-27(19-31-11-13-33-14-12-31)17-28(35-29)23-9-7-21(20-32)8-10-23/h1-10,15-16,27-29,32H,11-14,17-20,30H2/t27-,28+,29+/m1/s1. The monoisotopic (exact) mass is 474 g/mol. The predicted octanol–water partition coefficient (Wildman–Crippen LogP) is 4.18. The Morgan fingerprint density at radius 1 is 0.829 bits per heavy atom. The van der Waals surface area contributed by atoms with Crippen molar-refractivity contribution in [1.29, 1.82) is 0 Å². The summed E-state index contributed by atoms with van der Waals surface area (Å²) in [6.07, 6.45) is 0.273. The lowest BCUT2D eigenvalue weighted by Gasteiger charge is -2.39. The van der Waals surface area contributed by atoms with Crippen molar-refractivity contribution in [2.45, 2.75) is 38.1 Å². The lowest BCUT2D eigenvalue weighted by Crippen LogP contribution is -2.44. The van der Waals surface area contributed by atoms with Crippen LogP contribution in [0.15, 0.2) is 72.8 Å². The summed E-state index contributed by atoms with van der Waals surface area (Å²) in [5.41, 5.74) is 12.2. The molecule has 0 spiro atoms. The Hall–Kier alpha value is -2.58. The molecule has 0 amide bonds. The minimum atomic E-state index is -0.463. The Labute approximate surface area is 207 Å². The van der Waals surface area contributed by atoms with E-state index in [1.807, 2.05) is 24.3 Å². The first-order chi connectivity index (χ1) is 17.2. The normalized spacial score (nSPS) is 23.3. The predicted molar refractivity (Wildman–Crippen MR) is 135 cm³/mol. The Morgan fingerprint density at radius 2 is 1.57 bits per heavy atom. The molecule has 3 aromatic carbocycles. The second-order valence-electron chi connectivity index (χ2n) is 9.29. The van der Waals surface area contributed by atoms with Gasteiger partial charge in [0.25, 0.3) is 0 Å². The molecular weight excluding hydrogens is 440 g/mol. The van der Waals surface area contributed by atoms with Gasteiger partial charge >= 0.3 is 0 Å². The van der Waals surface area contributed by atoms with Crippen molar-refractivity contribution in [3.8, 4) is 11.1 Å². The van der Waals surface area contributed by atoms with Crippen LogP contribution in [-0.4, -0.2) is 49.0 Å². The minimum Gasteiger partial charge on any atom is -0.392 e. The van der Waals surface area contributed by atoms with E-state index >= 15 is 0 Å². The van der Waals surface area contributed by atoms with E-state index in [1.165, 1.54) is 0 Å². The summed E-state index contributed by atoms with van der Waals surface area (Å²) in [6.45, 7) is 4.79. The molecule has 0 aromatic heterocycles. The topological polar surface area (TPSA) is 77.2 Å². The molecule has 5 rings (SSSR count). The minimum absolute atomic E-state index is 0.0370. The van der Waals surface area contributed by atoms with E-state index in [1.54, 1.807) is 0 Å². The van der Waals surface area contributed by atoms with Crippen LogP contribution < -0.4 is 5.73 Å². The fourth-order valence-electron chi connectivity index (χ4n) is 4.85. The Balaban J connectivity index is 1.40. The molecule has 6 heteroatoms. The number of hydrogen-bond donors (Lipinski definition) is 2. The molecule has 0 radical (unpaired) electrons.